The van der Waals surface area contributed by atoms with E-state index in [1.165, 1.54) is 0 Å². The van der Waals surface area contributed by atoms with Crippen LogP contribution in [0.5, 0.6) is 0 Å². The van der Waals surface area contributed by atoms with E-state index < -0.39 is 0 Å². The predicted molar refractivity (Wildman–Crippen MR) is 72.5 cm³/mol. The van der Waals surface area contributed by atoms with Crippen molar-refractivity contribution < 1.29 is 4.79 Å². The molecule has 2 aromatic rings. The lowest BCUT2D eigenvalue weighted by atomic mass is 10.1. The van der Waals surface area contributed by atoms with Gasteiger partial charge in [0.25, 0.3) is 0 Å². The Hall–Kier alpha value is -2.02. The van der Waals surface area contributed by atoms with E-state index in [1.807, 2.05) is 11.6 Å². The lowest BCUT2D eigenvalue weighted by molar-refractivity contribution is 0.103. The van der Waals surface area contributed by atoms with E-state index in [9.17, 15) is 4.79 Å². The van der Waals surface area contributed by atoms with Gasteiger partial charge in [0, 0.05) is 12.7 Å². The smallest absolute Gasteiger partial charge is 0.218 e. The molecule has 7 nitrogen and oxygen atoms in total. The van der Waals surface area contributed by atoms with Crippen molar-refractivity contribution in [2.24, 2.45) is 0 Å². The van der Waals surface area contributed by atoms with Gasteiger partial charge >= 0.3 is 0 Å². The molecule has 20 heavy (non-hydrogen) atoms. The lowest BCUT2D eigenvalue weighted by Gasteiger charge is -2.21. The van der Waals surface area contributed by atoms with Crippen LogP contribution in [0.2, 0.25) is 0 Å². The molecule has 0 bridgehead atoms. The van der Waals surface area contributed by atoms with Gasteiger partial charge in [0.05, 0.1) is 24.0 Å². The Bertz CT molecular complexity index is 596. The number of carbonyl (C=O) groups is 1. The highest BCUT2D eigenvalue weighted by Crippen LogP contribution is 2.17. The van der Waals surface area contributed by atoms with Crippen LogP contribution < -0.4 is 5.32 Å². The van der Waals surface area contributed by atoms with Crippen LogP contribution >= 0.6 is 0 Å². The fourth-order valence-corrected chi connectivity index (χ4v) is 2.43. The molecular weight excluding hydrogens is 256 g/mol. The Morgan fingerprint density at radius 3 is 2.90 bits per heavy atom. The Kier molecular flexibility index (Phi) is 3.60. The second-order valence-corrected chi connectivity index (χ2v) is 4.98. The maximum absolute atomic E-state index is 12.3. The number of nitrogens with zero attached hydrogens (tertiary/aromatic N) is 5. The second-order valence-electron chi connectivity index (χ2n) is 4.98. The Labute approximate surface area is 117 Å². The molecule has 1 N–H and O–H groups in total. The molecule has 0 saturated carbocycles. The SMILES string of the molecule is CCn1cc(C(=O)c2cn(C3CCNCC3)nn2)cn1. The maximum Gasteiger partial charge on any atom is 0.218 e. The maximum atomic E-state index is 12.3. The molecule has 7 heteroatoms. The van der Waals surface area contributed by atoms with Crippen molar-refractivity contribution in [1.82, 2.24) is 30.1 Å². The van der Waals surface area contributed by atoms with Gasteiger partial charge in [0.15, 0.2) is 5.69 Å². The van der Waals surface area contributed by atoms with Crippen LogP contribution in [0.3, 0.4) is 0 Å². The van der Waals surface area contributed by atoms with E-state index in [1.54, 1.807) is 23.3 Å². The molecule has 0 aliphatic carbocycles. The van der Waals surface area contributed by atoms with Gasteiger partial charge in [-0.1, -0.05) is 5.21 Å². The van der Waals surface area contributed by atoms with Crippen LogP contribution in [0, 0.1) is 0 Å². The number of ketones is 1. The molecule has 0 spiro atoms. The number of nitrogens with one attached hydrogen (secondary N) is 1. The number of rotatable bonds is 4. The molecule has 0 aromatic carbocycles. The summed E-state index contributed by atoms with van der Waals surface area (Å²) >= 11 is 0. The van der Waals surface area contributed by atoms with Crippen LogP contribution in [0.1, 0.15) is 41.9 Å². The minimum absolute atomic E-state index is 0.120. The molecule has 0 radical (unpaired) electrons. The summed E-state index contributed by atoms with van der Waals surface area (Å²) in [5.41, 5.74) is 0.948. The lowest BCUT2D eigenvalue weighted by Crippen LogP contribution is -2.29. The summed E-state index contributed by atoms with van der Waals surface area (Å²) in [7, 11) is 0. The molecule has 0 atom stereocenters. The summed E-state index contributed by atoms with van der Waals surface area (Å²) in [4.78, 5) is 12.3. The first-order valence-corrected chi connectivity index (χ1v) is 6.97. The topological polar surface area (TPSA) is 77.6 Å². The van der Waals surface area contributed by atoms with Crippen molar-refractivity contribution in [1.29, 1.82) is 0 Å². The quantitative estimate of drug-likeness (QED) is 0.828. The molecule has 1 fully saturated rings. The fraction of sp³-hybridized carbons (Fsp3) is 0.538. The average Bonchev–Trinajstić information content (AvgIpc) is 3.17. The first kappa shape index (κ1) is 13.0. The highest BCUT2D eigenvalue weighted by atomic mass is 16.1. The summed E-state index contributed by atoms with van der Waals surface area (Å²) in [5, 5.41) is 15.5. The van der Waals surface area contributed by atoms with Gasteiger partial charge in [0.2, 0.25) is 5.78 Å². The molecule has 106 valence electrons. The molecule has 1 saturated heterocycles. The van der Waals surface area contributed by atoms with Gasteiger partial charge in [-0.25, -0.2) is 4.68 Å². The normalized spacial score (nSPS) is 16.4. The van der Waals surface area contributed by atoms with Crippen LogP contribution in [0.15, 0.2) is 18.6 Å². The van der Waals surface area contributed by atoms with Crippen molar-refractivity contribution in [2.45, 2.75) is 32.4 Å². The zero-order valence-corrected chi connectivity index (χ0v) is 11.5. The standard InChI is InChI=1S/C13H18N6O/c1-2-18-8-10(7-15-18)13(20)12-9-19(17-16-12)11-3-5-14-6-4-11/h7-9,11,14H,2-6H2,1H3. The van der Waals surface area contributed by atoms with Crippen LogP contribution in [-0.4, -0.2) is 43.6 Å². The molecule has 1 aliphatic heterocycles. The summed E-state index contributed by atoms with van der Waals surface area (Å²) in [6.07, 6.45) is 7.11. The predicted octanol–water partition coefficient (Wildman–Crippen LogP) is 0.650. The first-order valence-electron chi connectivity index (χ1n) is 6.97. The molecule has 3 heterocycles. The number of aryl methyl sites for hydroxylation is 1. The average molecular weight is 274 g/mol. The van der Waals surface area contributed by atoms with Crippen molar-refractivity contribution in [3.63, 3.8) is 0 Å². The van der Waals surface area contributed by atoms with Gasteiger partial charge in [-0.2, -0.15) is 5.10 Å². The van der Waals surface area contributed by atoms with Gasteiger partial charge < -0.3 is 5.32 Å². The molecule has 1 aliphatic rings. The fourth-order valence-electron chi connectivity index (χ4n) is 2.43. The molecule has 2 aromatic heterocycles. The highest BCUT2D eigenvalue weighted by Gasteiger charge is 2.20. The molecular formula is C13H18N6O. The summed E-state index contributed by atoms with van der Waals surface area (Å²) < 4.78 is 3.54. The third-order valence-electron chi connectivity index (χ3n) is 3.65. The molecule has 3 rings (SSSR count). The number of piperidine rings is 1. The van der Waals surface area contributed by atoms with Gasteiger partial charge in [-0.3, -0.25) is 9.48 Å². The Balaban J connectivity index is 1.77. The number of carbonyl (C=O) groups excluding carboxylic acids is 1. The van der Waals surface area contributed by atoms with Crippen molar-refractivity contribution in [2.75, 3.05) is 13.1 Å². The first-order chi connectivity index (χ1) is 9.78. The molecule has 0 amide bonds. The van der Waals surface area contributed by atoms with Crippen molar-refractivity contribution >= 4 is 5.78 Å². The van der Waals surface area contributed by atoms with E-state index >= 15 is 0 Å². The van der Waals surface area contributed by atoms with E-state index in [2.05, 4.69) is 20.7 Å². The third kappa shape index (κ3) is 2.49. The van der Waals surface area contributed by atoms with E-state index in [4.69, 9.17) is 0 Å². The van der Waals surface area contributed by atoms with E-state index in [0.717, 1.165) is 32.5 Å². The largest absolute Gasteiger partial charge is 0.317 e. The molecule has 0 unspecified atom stereocenters. The zero-order chi connectivity index (χ0) is 13.9. The summed E-state index contributed by atoms with van der Waals surface area (Å²) in [6.45, 7) is 4.69. The van der Waals surface area contributed by atoms with E-state index in [0.29, 0.717) is 17.3 Å². The highest BCUT2D eigenvalue weighted by molar-refractivity contribution is 6.07. The summed E-state index contributed by atoms with van der Waals surface area (Å²) in [6, 6.07) is 0.337. The van der Waals surface area contributed by atoms with Crippen LogP contribution in [-0.2, 0) is 6.54 Å². The van der Waals surface area contributed by atoms with Crippen LogP contribution in [0.25, 0.3) is 0 Å². The number of hydrogen-bond donors (Lipinski definition) is 1. The summed E-state index contributed by atoms with van der Waals surface area (Å²) in [5.74, 6) is -0.120. The van der Waals surface area contributed by atoms with E-state index in [-0.39, 0.29) is 5.78 Å². The third-order valence-corrected chi connectivity index (χ3v) is 3.65. The minimum Gasteiger partial charge on any atom is -0.317 e. The second kappa shape index (κ2) is 5.54. The van der Waals surface area contributed by atoms with Crippen molar-refractivity contribution in [3.05, 3.63) is 29.8 Å². The van der Waals surface area contributed by atoms with Gasteiger partial charge in [0.1, 0.15) is 0 Å². The van der Waals surface area contributed by atoms with Gasteiger partial charge in [-0.15, -0.1) is 5.10 Å². The zero-order valence-electron chi connectivity index (χ0n) is 11.5. The number of hydrogen-bond acceptors (Lipinski definition) is 5. The Morgan fingerprint density at radius 1 is 1.40 bits per heavy atom. The minimum atomic E-state index is -0.120. The van der Waals surface area contributed by atoms with Gasteiger partial charge in [-0.05, 0) is 32.9 Å². The van der Waals surface area contributed by atoms with Crippen LogP contribution in [0.4, 0.5) is 0 Å². The Morgan fingerprint density at radius 2 is 2.20 bits per heavy atom. The van der Waals surface area contributed by atoms with Crippen molar-refractivity contribution in [3.8, 4) is 0 Å². The monoisotopic (exact) mass is 274 g/mol. The number of aromatic nitrogens is 5.